The molecule has 2 aromatic carbocycles. The molecule has 5 nitrogen and oxygen atoms in total. The molecule has 5 heteroatoms. The minimum atomic E-state index is -0.299. The van der Waals surface area contributed by atoms with Crippen molar-refractivity contribution in [3.05, 3.63) is 59.7 Å². The second kappa shape index (κ2) is 6.33. The highest BCUT2D eigenvalue weighted by Crippen LogP contribution is 2.26. The quantitative estimate of drug-likeness (QED) is 0.849. The molecule has 1 saturated heterocycles. The summed E-state index contributed by atoms with van der Waals surface area (Å²) in [6, 6.07) is 15.2. The van der Waals surface area contributed by atoms with E-state index in [1.807, 2.05) is 6.07 Å². The zero-order valence-electron chi connectivity index (χ0n) is 14.2. The van der Waals surface area contributed by atoms with Crippen LogP contribution < -0.4 is 14.5 Å². The summed E-state index contributed by atoms with van der Waals surface area (Å²) < 4.78 is 5.21. The maximum atomic E-state index is 13.0. The van der Waals surface area contributed by atoms with Gasteiger partial charge in [-0.25, -0.2) is 4.90 Å². The summed E-state index contributed by atoms with van der Waals surface area (Å²) in [7, 11) is 1.57. The van der Waals surface area contributed by atoms with Crippen molar-refractivity contribution in [1.82, 2.24) is 0 Å². The number of quaternary nitrogens is 1. The Morgan fingerprint density at radius 1 is 1.08 bits per heavy atom. The predicted molar refractivity (Wildman–Crippen MR) is 93.6 cm³/mol. The van der Waals surface area contributed by atoms with Gasteiger partial charge in [-0.2, -0.15) is 0 Å². The summed E-state index contributed by atoms with van der Waals surface area (Å²) in [6.45, 7) is 1.68. The number of carbonyl (C=O) groups excluding carboxylic acids is 2. The van der Waals surface area contributed by atoms with Gasteiger partial charge in [-0.3, -0.25) is 9.59 Å². The fourth-order valence-corrected chi connectivity index (χ4v) is 3.87. The number of hydrogen-bond acceptors (Lipinski definition) is 3. The number of methoxy groups -OCH3 is 1. The number of nitrogens with zero attached hydrogens (tertiary/aromatic N) is 1. The van der Waals surface area contributed by atoms with Gasteiger partial charge in [-0.15, -0.1) is 0 Å². The molecule has 2 amide bonds. The van der Waals surface area contributed by atoms with Gasteiger partial charge in [0.1, 0.15) is 12.3 Å². The summed E-state index contributed by atoms with van der Waals surface area (Å²) in [5.74, 6) is 0.406. The number of hydrogen-bond donors (Lipinski definition) is 1. The Morgan fingerprint density at radius 3 is 2.68 bits per heavy atom. The van der Waals surface area contributed by atoms with Crippen molar-refractivity contribution < 1.29 is 19.2 Å². The first-order valence-corrected chi connectivity index (χ1v) is 8.59. The van der Waals surface area contributed by atoms with Crippen molar-refractivity contribution in [2.24, 2.45) is 0 Å². The third-order valence-electron chi connectivity index (χ3n) is 5.20. The molecule has 1 fully saturated rings. The SMILES string of the molecule is COc1cccc(N2C(=O)C[C@@H]([NH+]3CCc4ccccc4C3)C2=O)c1. The number of anilines is 1. The van der Waals surface area contributed by atoms with Crippen molar-refractivity contribution in [3.8, 4) is 5.75 Å². The fraction of sp³-hybridized carbons (Fsp3) is 0.300. The molecule has 1 unspecified atom stereocenters. The van der Waals surface area contributed by atoms with Crippen LogP contribution >= 0.6 is 0 Å². The van der Waals surface area contributed by atoms with Crippen LogP contribution in [0.2, 0.25) is 0 Å². The largest absolute Gasteiger partial charge is 0.497 e. The molecule has 0 aromatic heterocycles. The van der Waals surface area contributed by atoms with E-state index in [9.17, 15) is 9.59 Å². The van der Waals surface area contributed by atoms with Crippen LogP contribution in [-0.4, -0.2) is 31.5 Å². The summed E-state index contributed by atoms with van der Waals surface area (Å²) in [6.07, 6.45) is 1.22. The molecule has 2 aliphatic rings. The average molecular weight is 337 g/mol. The van der Waals surface area contributed by atoms with Crippen LogP contribution in [0, 0.1) is 0 Å². The second-order valence-electron chi connectivity index (χ2n) is 6.63. The lowest BCUT2D eigenvalue weighted by Gasteiger charge is -2.29. The Kier molecular flexibility index (Phi) is 4.01. The van der Waals surface area contributed by atoms with Crippen LogP contribution in [0.3, 0.4) is 0 Å². The molecular weight excluding hydrogens is 316 g/mol. The van der Waals surface area contributed by atoms with Gasteiger partial charge in [0.05, 0.1) is 25.8 Å². The predicted octanol–water partition coefficient (Wildman–Crippen LogP) is 0.968. The fourth-order valence-electron chi connectivity index (χ4n) is 3.87. The van der Waals surface area contributed by atoms with Gasteiger partial charge in [0, 0.05) is 18.1 Å². The van der Waals surface area contributed by atoms with E-state index in [0.717, 1.165) is 19.5 Å². The molecule has 1 N–H and O–H groups in total. The Morgan fingerprint density at radius 2 is 1.88 bits per heavy atom. The minimum Gasteiger partial charge on any atom is -0.497 e. The highest BCUT2D eigenvalue weighted by molar-refractivity contribution is 6.21. The minimum absolute atomic E-state index is 0.104. The Hall–Kier alpha value is -2.66. The Balaban J connectivity index is 1.57. The molecule has 0 radical (unpaired) electrons. The van der Waals surface area contributed by atoms with Crippen molar-refractivity contribution >= 4 is 17.5 Å². The van der Waals surface area contributed by atoms with Crippen LogP contribution in [0.15, 0.2) is 48.5 Å². The first-order chi connectivity index (χ1) is 12.2. The zero-order valence-corrected chi connectivity index (χ0v) is 14.2. The standard InChI is InChI=1S/C20H20N2O3/c1-25-17-8-4-7-16(11-17)22-19(23)12-18(20(22)24)21-10-9-14-5-2-3-6-15(14)13-21/h2-8,11,18H,9-10,12-13H2,1H3/p+1/t18-/m1/s1. The van der Waals surface area contributed by atoms with Gasteiger partial charge in [-0.05, 0) is 17.7 Å². The highest BCUT2D eigenvalue weighted by atomic mass is 16.5. The monoisotopic (exact) mass is 337 g/mol. The summed E-state index contributed by atoms with van der Waals surface area (Å²) in [4.78, 5) is 28.0. The molecule has 4 rings (SSSR count). The smallest absolute Gasteiger partial charge is 0.292 e. The summed E-state index contributed by atoms with van der Waals surface area (Å²) in [5, 5.41) is 0. The molecule has 0 bridgehead atoms. The van der Waals surface area contributed by atoms with Gasteiger partial charge < -0.3 is 9.64 Å². The molecule has 0 aliphatic carbocycles. The van der Waals surface area contributed by atoms with Gasteiger partial charge in [0.2, 0.25) is 5.91 Å². The molecule has 2 aromatic rings. The van der Waals surface area contributed by atoms with Crippen LogP contribution in [0.25, 0.3) is 0 Å². The number of imide groups is 1. The van der Waals surface area contributed by atoms with E-state index in [1.165, 1.54) is 20.9 Å². The van der Waals surface area contributed by atoms with Crippen LogP contribution in [0.1, 0.15) is 17.5 Å². The van der Waals surface area contributed by atoms with Crippen molar-refractivity contribution in [1.29, 1.82) is 0 Å². The van der Waals surface area contributed by atoms with Gasteiger partial charge in [0.25, 0.3) is 5.91 Å². The lowest BCUT2D eigenvalue weighted by molar-refractivity contribution is -0.930. The second-order valence-corrected chi connectivity index (χ2v) is 6.63. The number of benzene rings is 2. The number of amides is 2. The average Bonchev–Trinajstić information content (AvgIpc) is 2.95. The van der Waals surface area contributed by atoms with Gasteiger partial charge >= 0.3 is 0 Å². The number of fused-ring (bicyclic) bond motifs is 1. The van der Waals surface area contributed by atoms with Crippen molar-refractivity contribution in [3.63, 3.8) is 0 Å². The highest BCUT2D eigenvalue weighted by Gasteiger charge is 2.46. The number of rotatable bonds is 3. The topological polar surface area (TPSA) is 51.0 Å². The first kappa shape index (κ1) is 15.8. The molecule has 128 valence electrons. The third kappa shape index (κ3) is 2.81. The van der Waals surface area contributed by atoms with Crippen LogP contribution in [0.5, 0.6) is 5.75 Å². The van der Waals surface area contributed by atoms with E-state index in [0.29, 0.717) is 11.4 Å². The van der Waals surface area contributed by atoms with E-state index in [2.05, 4.69) is 18.2 Å². The van der Waals surface area contributed by atoms with Crippen LogP contribution in [0.4, 0.5) is 5.69 Å². The molecule has 0 saturated carbocycles. The van der Waals surface area contributed by atoms with Gasteiger partial charge in [-0.1, -0.05) is 30.3 Å². The lowest BCUT2D eigenvalue weighted by atomic mass is 9.98. The summed E-state index contributed by atoms with van der Waals surface area (Å²) in [5.41, 5.74) is 3.23. The number of nitrogens with one attached hydrogen (secondary N) is 1. The van der Waals surface area contributed by atoms with E-state index in [4.69, 9.17) is 4.74 Å². The maximum Gasteiger partial charge on any atom is 0.292 e. The molecular formula is C20H21N2O3+. The van der Waals surface area contributed by atoms with Crippen molar-refractivity contribution in [2.45, 2.75) is 25.4 Å². The Labute approximate surface area is 146 Å². The zero-order chi connectivity index (χ0) is 17.4. The Bertz CT molecular complexity index is 833. The van der Waals surface area contributed by atoms with E-state index >= 15 is 0 Å². The first-order valence-electron chi connectivity index (χ1n) is 8.59. The third-order valence-corrected chi connectivity index (χ3v) is 5.20. The number of ether oxygens (including phenoxy) is 1. The molecule has 2 heterocycles. The van der Waals surface area contributed by atoms with E-state index < -0.39 is 0 Å². The van der Waals surface area contributed by atoms with E-state index in [-0.39, 0.29) is 24.3 Å². The van der Waals surface area contributed by atoms with E-state index in [1.54, 1.807) is 31.4 Å². The molecule has 2 aliphatic heterocycles. The maximum absolute atomic E-state index is 13.0. The molecule has 25 heavy (non-hydrogen) atoms. The number of carbonyl (C=O) groups is 2. The van der Waals surface area contributed by atoms with Crippen molar-refractivity contribution in [2.75, 3.05) is 18.6 Å². The summed E-state index contributed by atoms with van der Waals surface area (Å²) >= 11 is 0. The molecule has 0 spiro atoms. The van der Waals surface area contributed by atoms with Crippen LogP contribution in [-0.2, 0) is 22.6 Å². The molecule has 2 atom stereocenters. The normalized spacial score (nSPS) is 22.8. The van der Waals surface area contributed by atoms with Gasteiger partial charge in [0.15, 0.2) is 6.04 Å². The lowest BCUT2D eigenvalue weighted by Crippen LogP contribution is -3.16.